The summed E-state index contributed by atoms with van der Waals surface area (Å²) in [6, 6.07) is 0. The topological polar surface area (TPSA) is 0 Å². The van der Waals surface area contributed by atoms with Crippen molar-refractivity contribution in [1.29, 1.82) is 0 Å². The van der Waals surface area contributed by atoms with Gasteiger partial charge in [0.15, 0.2) is 0 Å². The van der Waals surface area contributed by atoms with Gasteiger partial charge in [-0.3, -0.25) is 0 Å². The molecule has 0 atom stereocenters. The van der Waals surface area contributed by atoms with Crippen LogP contribution < -0.4 is 0 Å². The summed E-state index contributed by atoms with van der Waals surface area (Å²) in [7, 11) is 0. The lowest BCUT2D eigenvalue weighted by Gasteiger charge is -1.73. The molecule has 0 heteroatoms. The molecule has 59 valence electrons. The lowest BCUT2D eigenvalue weighted by molar-refractivity contribution is 1.40. The first-order valence-electron chi connectivity index (χ1n) is 3.82. The molecular weight excluding hydrogens is 132 g/mol. The summed E-state index contributed by atoms with van der Waals surface area (Å²) in [4.78, 5) is 0. The Labute approximate surface area is 69.6 Å². The predicted molar refractivity (Wildman–Crippen MR) is 52.2 cm³/mol. The molecule has 0 fully saturated rings. The van der Waals surface area contributed by atoms with E-state index in [-0.39, 0.29) is 0 Å². The van der Waals surface area contributed by atoms with Crippen LogP contribution in [0.2, 0.25) is 0 Å². The second kappa shape index (κ2) is 8.96. The van der Waals surface area contributed by atoms with E-state index in [1.54, 1.807) is 0 Å². The average molecular weight is 147 g/mol. The van der Waals surface area contributed by atoms with E-state index >= 15 is 0 Å². The fraction of sp³-hybridized carbons (Fsp3) is 0.182. The summed E-state index contributed by atoms with van der Waals surface area (Å²) in [5, 5.41) is 0. The fourth-order valence-corrected chi connectivity index (χ4v) is 0.543. The molecule has 0 unspecified atom stereocenters. The molecule has 0 bridgehead atoms. The lowest BCUT2D eigenvalue weighted by Crippen LogP contribution is -1.52. The molecule has 0 aliphatic carbocycles. The van der Waals surface area contributed by atoms with Crippen molar-refractivity contribution in [2.24, 2.45) is 0 Å². The van der Waals surface area contributed by atoms with Gasteiger partial charge in [-0.05, 0) is 20.3 Å². The van der Waals surface area contributed by atoms with Crippen molar-refractivity contribution in [3.8, 4) is 0 Å². The van der Waals surface area contributed by atoms with Gasteiger partial charge in [-0.2, -0.15) is 0 Å². The average Bonchev–Trinajstić information content (AvgIpc) is 2.03. The Hall–Kier alpha value is -1.04. The van der Waals surface area contributed by atoms with Crippen molar-refractivity contribution in [3.05, 3.63) is 55.5 Å². The molecule has 0 rings (SSSR count). The van der Waals surface area contributed by atoms with E-state index < -0.39 is 0 Å². The number of hydrogen-bond donors (Lipinski definition) is 0. The van der Waals surface area contributed by atoms with Gasteiger partial charge in [-0.15, -0.1) is 0 Å². The molecule has 0 saturated heterocycles. The van der Waals surface area contributed by atoms with Gasteiger partial charge < -0.3 is 0 Å². The van der Waals surface area contributed by atoms with Gasteiger partial charge in [0.1, 0.15) is 0 Å². The Morgan fingerprint density at radius 2 is 1.45 bits per heavy atom. The van der Waals surface area contributed by atoms with E-state index in [2.05, 4.69) is 6.92 Å². The van der Waals surface area contributed by atoms with Crippen molar-refractivity contribution in [2.75, 3.05) is 0 Å². The second-order valence-corrected chi connectivity index (χ2v) is 2.01. The molecule has 0 N–H and O–H groups in total. The van der Waals surface area contributed by atoms with Crippen molar-refractivity contribution in [2.45, 2.75) is 13.3 Å². The van der Waals surface area contributed by atoms with Gasteiger partial charge in [-0.1, -0.05) is 48.6 Å². The van der Waals surface area contributed by atoms with Crippen LogP contribution in [0.1, 0.15) is 13.3 Å². The van der Waals surface area contributed by atoms with Gasteiger partial charge in [0.25, 0.3) is 0 Å². The van der Waals surface area contributed by atoms with Crippen LogP contribution in [0.15, 0.2) is 48.6 Å². The van der Waals surface area contributed by atoms with E-state index in [1.807, 2.05) is 55.5 Å². The third-order valence-electron chi connectivity index (χ3n) is 1.05. The molecule has 0 amide bonds. The normalized spacial score (nSPS) is 13.3. The largest absolute Gasteiger partial charge is 0.0877 e. The minimum atomic E-state index is 0.850. The quantitative estimate of drug-likeness (QED) is 0.534. The molecule has 1 radical (unpaired) electrons. The Kier molecular flexibility index (Phi) is 8.11. The molecule has 0 aromatic heterocycles. The zero-order valence-corrected chi connectivity index (χ0v) is 7.03. The number of allylic oxidation sites excluding steroid dienone is 8. The first-order valence-corrected chi connectivity index (χ1v) is 3.82. The summed E-state index contributed by atoms with van der Waals surface area (Å²) in [5.41, 5.74) is 0. The third kappa shape index (κ3) is 8.96. The van der Waals surface area contributed by atoms with E-state index in [1.165, 1.54) is 0 Å². The molecule has 11 heavy (non-hydrogen) atoms. The van der Waals surface area contributed by atoms with Crippen molar-refractivity contribution >= 4 is 0 Å². The van der Waals surface area contributed by atoms with Crippen LogP contribution in [0.5, 0.6) is 0 Å². The van der Waals surface area contributed by atoms with Crippen LogP contribution in [0.25, 0.3) is 0 Å². The molecule has 0 spiro atoms. The fourth-order valence-electron chi connectivity index (χ4n) is 0.543. The maximum absolute atomic E-state index is 3.68. The molecule has 0 aliphatic heterocycles. The Morgan fingerprint density at radius 3 is 2.00 bits per heavy atom. The highest BCUT2D eigenvalue weighted by Gasteiger charge is 1.62. The first-order chi connectivity index (χ1) is 5.41. The molecule has 0 aromatic carbocycles. The molecule has 0 nitrogen and oxygen atoms in total. The SMILES string of the molecule is [CH2]CC=CC=CC=CC=CC. The van der Waals surface area contributed by atoms with E-state index in [0.29, 0.717) is 0 Å². The van der Waals surface area contributed by atoms with Gasteiger partial charge in [-0.25, -0.2) is 0 Å². The van der Waals surface area contributed by atoms with Crippen molar-refractivity contribution in [1.82, 2.24) is 0 Å². The zero-order valence-electron chi connectivity index (χ0n) is 7.03. The maximum atomic E-state index is 3.68. The van der Waals surface area contributed by atoms with Crippen LogP contribution in [-0.4, -0.2) is 0 Å². The van der Waals surface area contributed by atoms with Crippen LogP contribution in [-0.2, 0) is 0 Å². The highest BCUT2D eigenvalue weighted by Crippen LogP contribution is 1.83. The lowest BCUT2D eigenvalue weighted by atomic mass is 10.3. The summed E-state index contributed by atoms with van der Waals surface area (Å²) in [6.07, 6.45) is 16.8. The zero-order chi connectivity index (χ0) is 8.36. The summed E-state index contributed by atoms with van der Waals surface area (Å²) >= 11 is 0. The van der Waals surface area contributed by atoms with Crippen LogP contribution >= 0.6 is 0 Å². The molecular formula is C11H15. The molecule has 0 aliphatic rings. The van der Waals surface area contributed by atoms with Gasteiger partial charge >= 0.3 is 0 Å². The van der Waals surface area contributed by atoms with Crippen molar-refractivity contribution < 1.29 is 0 Å². The molecule has 0 heterocycles. The maximum Gasteiger partial charge on any atom is -0.0347 e. The van der Waals surface area contributed by atoms with Crippen molar-refractivity contribution in [3.63, 3.8) is 0 Å². The first kappa shape index (κ1) is 9.96. The minimum absolute atomic E-state index is 0.850. The monoisotopic (exact) mass is 147 g/mol. The molecule has 0 aromatic rings. The summed E-state index contributed by atoms with van der Waals surface area (Å²) in [6.45, 7) is 5.68. The standard InChI is InChI=1S/C11H15/c1-3-5-7-9-11-10-8-6-4-2/h4-11H,1,3H2,2H3. The van der Waals surface area contributed by atoms with E-state index in [9.17, 15) is 0 Å². The van der Waals surface area contributed by atoms with Crippen LogP contribution in [0.3, 0.4) is 0 Å². The Bertz CT molecular complexity index is 168. The Balaban J connectivity index is 3.51. The second-order valence-electron chi connectivity index (χ2n) is 2.01. The van der Waals surface area contributed by atoms with Gasteiger partial charge in [0.05, 0.1) is 0 Å². The smallest absolute Gasteiger partial charge is 0.0347 e. The van der Waals surface area contributed by atoms with Gasteiger partial charge in [0, 0.05) is 0 Å². The van der Waals surface area contributed by atoms with Gasteiger partial charge in [0.2, 0.25) is 0 Å². The van der Waals surface area contributed by atoms with Crippen LogP contribution in [0, 0.1) is 6.92 Å². The minimum Gasteiger partial charge on any atom is -0.0877 e. The third-order valence-corrected chi connectivity index (χ3v) is 1.05. The Morgan fingerprint density at radius 1 is 0.909 bits per heavy atom. The summed E-state index contributed by atoms with van der Waals surface area (Å²) in [5.74, 6) is 0. The number of rotatable bonds is 4. The molecule has 0 saturated carbocycles. The predicted octanol–water partition coefficient (Wildman–Crippen LogP) is 3.46. The van der Waals surface area contributed by atoms with E-state index in [0.717, 1.165) is 6.42 Å². The number of hydrogen-bond acceptors (Lipinski definition) is 0. The van der Waals surface area contributed by atoms with E-state index in [4.69, 9.17) is 0 Å². The highest BCUT2D eigenvalue weighted by atomic mass is 13.7. The summed E-state index contributed by atoms with van der Waals surface area (Å²) < 4.78 is 0. The van der Waals surface area contributed by atoms with Crippen LogP contribution in [0.4, 0.5) is 0 Å². The highest BCUT2D eigenvalue weighted by molar-refractivity contribution is 5.14.